The highest BCUT2D eigenvalue weighted by atomic mass is 16.7. The first kappa shape index (κ1) is 17.0. The van der Waals surface area contributed by atoms with E-state index >= 15 is 0 Å². The number of aliphatic hydroxyl groups excluding tert-OH is 4. The number of esters is 1. The molecule has 0 saturated carbocycles. The molecule has 0 amide bonds. The molecule has 1 aliphatic rings. The van der Waals surface area contributed by atoms with Gasteiger partial charge in [-0.1, -0.05) is 6.58 Å². The minimum atomic E-state index is -1.53. The van der Waals surface area contributed by atoms with E-state index in [1.54, 1.807) is 6.92 Å². The summed E-state index contributed by atoms with van der Waals surface area (Å²) in [5, 5.41) is 37.8. The van der Waals surface area contributed by atoms with Gasteiger partial charge in [0.1, 0.15) is 24.4 Å². The fourth-order valence-electron chi connectivity index (χ4n) is 1.68. The highest BCUT2D eigenvalue weighted by Gasteiger charge is 2.44. The maximum absolute atomic E-state index is 11.3. The highest BCUT2D eigenvalue weighted by molar-refractivity contribution is 5.87. The molecule has 116 valence electrons. The lowest BCUT2D eigenvalue weighted by atomic mass is 9.99. The minimum Gasteiger partial charge on any atom is -0.463 e. The summed E-state index contributed by atoms with van der Waals surface area (Å²) in [5.74, 6) is -0.642. The minimum absolute atomic E-state index is 0.0174. The second kappa shape index (κ2) is 7.67. The molecule has 0 aromatic heterocycles. The summed E-state index contributed by atoms with van der Waals surface area (Å²) in [5.41, 5.74) is 0.0174. The molecular weight excluding hydrogens is 272 g/mol. The van der Waals surface area contributed by atoms with Crippen LogP contribution in [0.1, 0.15) is 6.92 Å². The molecule has 0 unspecified atom stereocenters. The summed E-state index contributed by atoms with van der Waals surface area (Å²) >= 11 is 0. The molecule has 8 nitrogen and oxygen atoms in total. The van der Waals surface area contributed by atoms with Crippen molar-refractivity contribution in [2.75, 3.05) is 19.8 Å². The fraction of sp³-hybridized carbons (Fsp3) is 0.750. The van der Waals surface area contributed by atoms with E-state index in [1.807, 2.05) is 0 Å². The summed E-state index contributed by atoms with van der Waals surface area (Å²) < 4.78 is 14.9. The van der Waals surface area contributed by atoms with Crippen molar-refractivity contribution in [1.29, 1.82) is 0 Å². The Hall–Kier alpha value is -1.03. The topological polar surface area (TPSA) is 126 Å². The zero-order chi connectivity index (χ0) is 15.3. The zero-order valence-corrected chi connectivity index (χ0v) is 11.1. The largest absolute Gasteiger partial charge is 0.463 e. The summed E-state index contributed by atoms with van der Waals surface area (Å²) in [6.07, 6.45) is -6.85. The molecular formula is C12H20O8. The monoisotopic (exact) mass is 292 g/mol. The third kappa shape index (κ3) is 3.98. The van der Waals surface area contributed by atoms with Gasteiger partial charge < -0.3 is 34.6 Å². The van der Waals surface area contributed by atoms with Crippen molar-refractivity contribution >= 4 is 5.97 Å². The molecule has 1 fully saturated rings. The second-order valence-electron chi connectivity index (χ2n) is 4.33. The average molecular weight is 292 g/mol. The predicted molar refractivity (Wildman–Crippen MR) is 65.5 cm³/mol. The fourth-order valence-corrected chi connectivity index (χ4v) is 1.68. The molecule has 1 aliphatic heterocycles. The highest BCUT2D eigenvalue weighted by Crippen LogP contribution is 2.22. The molecule has 1 rings (SSSR count). The molecule has 4 N–H and O–H groups in total. The molecule has 5 atom stereocenters. The normalized spacial score (nSPS) is 33.8. The van der Waals surface area contributed by atoms with Gasteiger partial charge in [0.05, 0.1) is 25.4 Å². The van der Waals surface area contributed by atoms with Crippen LogP contribution in [0.15, 0.2) is 12.2 Å². The van der Waals surface area contributed by atoms with E-state index in [9.17, 15) is 20.1 Å². The van der Waals surface area contributed by atoms with E-state index in [4.69, 9.17) is 19.3 Å². The molecule has 8 heteroatoms. The van der Waals surface area contributed by atoms with Crippen LogP contribution in [0.2, 0.25) is 0 Å². The van der Waals surface area contributed by atoms with E-state index in [0.717, 1.165) is 0 Å². The van der Waals surface area contributed by atoms with Crippen LogP contribution in [0.5, 0.6) is 0 Å². The first-order chi connectivity index (χ1) is 9.42. The van der Waals surface area contributed by atoms with E-state index < -0.39 is 43.3 Å². The molecule has 1 saturated heterocycles. The molecule has 0 radical (unpaired) electrons. The first-order valence-electron chi connectivity index (χ1n) is 6.19. The Morgan fingerprint density at radius 3 is 2.45 bits per heavy atom. The summed E-state index contributed by atoms with van der Waals surface area (Å²) in [7, 11) is 0. The van der Waals surface area contributed by atoms with Gasteiger partial charge in [0.15, 0.2) is 6.29 Å². The van der Waals surface area contributed by atoms with Crippen molar-refractivity contribution in [2.45, 2.75) is 37.6 Å². The molecule has 20 heavy (non-hydrogen) atoms. The van der Waals surface area contributed by atoms with E-state index in [-0.39, 0.29) is 18.8 Å². The van der Waals surface area contributed by atoms with Crippen molar-refractivity contribution in [1.82, 2.24) is 0 Å². The van der Waals surface area contributed by atoms with Crippen LogP contribution in [0.3, 0.4) is 0 Å². The van der Waals surface area contributed by atoms with Crippen molar-refractivity contribution < 1.29 is 39.4 Å². The van der Waals surface area contributed by atoms with Gasteiger partial charge in [-0.15, -0.1) is 0 Å². The smallest absolute Gasteiger partial charge is 0.335 e. The molecule has 0 bridgehead atoms. The van der Waals surface area contributed by atoms with Crippen LogP contribution >= 0.6 is 0 Å². The lowest BCUT2D eigenvalue weighted by Crippen LogP contribution is -2.59. The molecule has 1 heterocycles. The van der Waals surface area contributed by atoms with Gasteiger partial charge in [-0.05, 0) is 6.92 Å². The van der Waals surface area contributed by atoms with E-state index in [2.05, 4.69) is 6.58 Å². The van der Waals surface area contributed by atoms with Gasteiger partial charge in [0.2, 0.25) is 0 Å². The van der Waals surface area contributed by atoms with Crippen molar-refractivity contribution in [3.8, 4) is 0 Å². The van der Waals surface area contributed by atoms with Crippen LogP contribution in [-0.2, 0) is 19.0 Å². The summed E-state index contributed by atoms with van der Waals surface area (Å²) in [6.45, 7) is 4.46. The SMILES string of the molecule is C=C(CO[C@H]1O[C@H](CO)[C@H](O)[C@H](O)[C@H]1O)C(=O)OCC. The Balaban J connectivity index is 2.54. The number of carbonyl (C=O) groups is 1. The van der Waals surface area contributed by atoms with Gasteiger partial charge in [0, 0.05) is 0 Å². The average Bonchev–Trinajstić information content (AvgIpc) is 2.44. The number of carbonyl (C=O) groups excluding carboxylic acids is 1. The van der Waals surface area contributed by atoms with Crippen LogP contribution in [0.25, 0.3) is 0 Å². The van der Waals surface area contributed by atoms with Gasteiger partial charge in [-0.2, -0.15) is 0 Å². The third-order valence-corrected chi connectivity index (χ3v) is 2.83. The number of hydrogen-bond acceptors (Lipinski definition) is 8. The lowest BCUT2D eigenvalue weighted by Gasteiger charge is -2.39. The Morgan fingerprint density at radius 2 is 1.90 bits per heavy atom. The molecule has 0 aromatic rings. The Kier molecular flexibility index (Phi) is 6.53. The van der Waals surface area contributed by atoms with Gasteiger partial charge >= 0.3 is 5.97 Å². The van der Waals surface area contributed by atoms with Crippen LogP contribution in [0, 0.1) is 0 Å². The number of rotatable bonds is 6. The van der Waals surface area contributed by atoms with Crippen LogP contribution < -0.4 is 0 Å². The maximum atomic E-state index is 11.3. The maximum Gasteiger partial charge on any atom is 0.335 e. The van der Waals surface area contributed by atoms with E-state index in [0.29, 0.717) is 0 Å². The van der Waals surface area contributed by atoms with Crippen molar-refractivity contribution in [3.05, 3.63) is 12.2 Å². The standard InChI is InChI=1S/C12H20O8/c1-3-18-11(17)6(2)5-19-12-10(16)9(15)8(14)7(4-13)20-12/h7-10,12-16H,2-5H2,1H3/t7-,8+,9+,10-,12+/m1/s1. The van der Waals surface area contributed by atoms with Gasteiger partial charge in [-0.25, -0.2) is 4.79 Å². The van der Waals surface area contributed by atoms with Gasteiger partial charge in [0.25, 0.3) is 0 Å². The molecule has 0 aliphatic carbocycles. The number of hydrogen-bond donors (Lipinski definition) is 4. The summed E-state index contributed by atoms with van der Waals surface area (Å²) in [4.78, 5) is 11.3. The Labute approximate surface area is 116 Å². The first-order valence-corrected chi connectivity index (χ1v) is 6.19. The van der Waals surface area contributed by atoms with Crippen LogP contribution in [0.4, 0.5) is 0 Å². The van der Waals surface area contributed by atoms with Crippen molar-refractivity contribution in [2.24, 2.45) is 0 Å². The summed E-state index contributed by atoms with van der Waals surface area (Å²) in [6, 6.07) is 0. The van der Waals surface area contributed by atoms with Crippen LogP contribution in [-0.4, -0.2) is 76.9 Å². The van der Waals surface area contributed by atoms with E-state index in [1.165, 1.54) is 0 Å². The number of aliphatic hydroxyl groups is 4. The Bertz CT molecular complexity index is 342. The third-order valence-electron chi connectivity index (χ3n) is 2.83. The predicted octanol–water partition coefficient (Wildman–Crippen LogP) is -2.08. The van der Waals surface area contributed by atoms with Gasteiger partial charge in [-0.3, -0.25) is 0 Å². The molecule has 0 aromatic carbocycles. The second-order valence-corrected chi connectivity index (χ2v) is 4.33. The Morgan fingerprint density at radius 1 is 1.25 bits per heavy atom. The lowest BCUT2D eigenvalue weighted by molar-refractivity contribution is -0.299. The van der Waals surface area contributed by atoms with Crippen molar-refractivity contribution in [3.63, 3.8) is 0 Å². The quantitative estimate of drug-likeness (QED) is 0.325. The zero-order valence-electron chi connectivity index (χ0n) is 11.1. The number of ether oxygens (including phenoxy) is 3. The molecule has 0 spiro atoms.